The van der Waals surface area contributed by atoms with Crippen LogP contribution in [0.5, 0.6) is 0 Å². The first-order valence-corrected chi connectivity index (χ1v) is 8.59. The second-order valence-electron chi connectivity index (χ2n) is 5.57. The number of hydrogen-bond acceptors (Lipinski definition) is 2. The first kappa shape index (κ1) is 14.6. The lowest BCUT2D eigenvalue weighted by molar-refractivity contribution is 0.0372. The molecule has 2 heterocycles. The number of carbonyl (C=O) groups is 1. The molecule has 0 bridgehead atoms. The number of fused-ring (bicyclic) bond motifs is 1. The van der Waals surface area contributed by atoms with Gasteiger partial charge in [-0.3, -0.25) is 9.69 Å². The maximum absolute atomic E-state index is 12.6. The van der Waals surface area contributed by atoms with Crippen molar-refractivity contribution in [3.8, 4) is 0 Å². The van der Waals surface area contributed by atoms with Gasteiger partial charge in [-0.15, -0.1) is 0 Å². The van der Waals surface area contributed by atoms with Crippen LogP contribution in [0.15, 0.2) is 18.2 Å². The molecule has 0 spiro atoms. The van der Waals surface area contributed by atoms with Crippen molar-refractivity contribution < 1.29 is 4.79 Å². The Labute approximate surface area is 138 Å². The molecule has 1 atom stereocenters. The maximum Gasteiger partial charge on any atom is 0.254 e. The Balaban J connectivity index is 1.72. The van der Waals surface area contributed by atoms with Crippen molar-refractivity contribution in [1.29, 1.82) is 0 Å². The zero-order valence-corrected chi connectivity index (χ0v) is 14.2. The first-order chi connectivity index (χ1) is 9.65. The predicted molar refractivity (Wildman–Crippen MR) is 89.3 cm³/mol. The average molecular weight is 405 g/mol. The molecule has 2 aliphatic heterocycles. The molecular weight excluding hydrogens is 387 g/mol. The van der Waals surface area contributed by atoms with Gasteiger partial charge in [-0.05, 0) is 60.2 Å². The average Bonchev–Trinajstić information content (AvgIpc) is 2.49. The summed E-state index contributed by atoms with van der Waals surface area (Å²) in [6, 6.07) is 6.13. The zero-order valence-electron chi connectivity index (χ0n) is 11.3. The van der Waals surface area contributed by atoms with Crippen LogP contribution >= 0.6 is 34.2 Å². The summed E-state index contributed by atoms with van der Waals surface area (Å²) in [6.07, 6.45) is 3.81. The van der Waals surface area contributed by atoms with Gasteiger partial charge < -0.3 is 4.90 Å². The molecule has 2 saturated heterocycles. The van der Waals surface area contributed by atoms with Gasteiger partial charge in [-0.25, -0.2) is 0 Å². The van der Waals surface area contributed by atoms with Crippen molar-refractivity contribution in [2.45, 2.75) is 25.3 Å². The van der Waals surface area contributed by atoms with E-state index in [0.29, 0.717) is 16.6 Å². The molecule has 0 aromatic heterocycles. The SMILES string of the molecule is O=C(c1ccc(I)c(Cl)c1)N1CCN2CCCCC2C1. The lowest BCUT2D eigenvalue weighted by Gasteiger charge is -2.44. The third-order valence-corrected chi connectivity index (χ3v) is 5.86. The molecule has 1 aromatic carbocycles. The van der Waals surface area contributed by atoms with E-state index in [0.717, 1.165) is 23.2 Å². The highest BCUT2D eigenvalue weighted by atomic mass is 127. The van der Waals surface area contributed by atoms with Gasteiger partial charge in [0.25, 0.3) is 5.91 Å². The highest BCUT2D eigenvalue weighted by Gasteiger charge is 2.31. The summed E-state index contributed by atoms with van der Waals surface area (Å²) in [5, 5.41) is 0.660. The van der Waals surface area contributed by atoms with Crippen LogP contribution in [0.3, 0.4) is 0 Å². The Hall–Kier alpha value is -0.330. The maximum atomic E-state index is 12.6. The van der Waals surface area contributed by atoms with Gasteiger partial charge in [0, 0.05) is 34.8 Å². The molecule has 1 amide bonds. The van der Waals surface area contributed by atoms with Crippen LogP contribution in [-0.4, -0.2) is 47.9 Å². The van der Waals surface area contributed by atoms with E-state index in [9.17, 15) is 4.79 Å². The molecule has 0 saturated carbocycles. The minimum atomic E-state index is 0.119. The quantitative estimate of drug-likeness (QED) is 0.671. The number of nitrogens with zero attached hydrogens (tertiary/aromatic N) is 2. The largest absolute Gasteiger partial charge is 0.336 e. The molecule has 3 rings (SSSR count). The smallest absolute Gasteiger partial charge is 0.254 e. The van der Waals surface area contributed by atoms with E-state index in [1.807, 2.05) is 17.0 Å². The Bertz CT molecular complexity index is 523. The number of carbonyl (C=O) groups excluding carboxylic acids is 1. The molecule has 1 unspecified atom stereocenters. The summed E-state index contributed by atoms with van der Waals surface area (Å²) in [4.78, 5) is 17.1. The number of halogens is 2. The number of hydrogen-bond donors (Lipinski definition) is 0. The van der Waals surface area contributed by atoms with E-state index in [4.69, 9.17) is 11.6 Å². The van der Waals surface area contributed by atoms with E-state index in [-0.39, 0.29) is 5.91 Å². The van der Waals surface area contributed by atoms with Gasteiger partial charge in [-0.2, -0.15) is 0 Å². The van der Waals surface area contributed by atoms with Gasteiger partial charge >= 0.3 is 0 Å². The summed E-state index contributed by atoms with van der Waals surface area (Å²) in [5.41, 5.74) is 0.708. The van der Waals surface area contributed by atoms with Gasteiger partial charge in [-0.1, -0.05) is 18.0 Å². The van der Waals surface area contributed by atoms with E-state index in [1.165, 1.54) is 25.8 Å². The predicted octanol–water partition coefficient (Wildman–Crippen LogP) is 3.25. The summed E-state index contributed by atoms with van der Waals surface area (Å²) < 4.78 is 0.984. The molecule has 0 aliphatic carbocycles. The summed E-state index contributed by atoms with van der Waals surface area (Å²) >= 11 is 8.30. The van der Waals surface area contributed by atoms with Crippen molar-refractivity contribution in [3.05, 3.63) is 32.4 Å². The standard InChI is InChI=1S/C15H18ClIN2O/c16-13-9-11(4-5-14(13)17)15(20)19-8-7-18-6-2-1-3-12(18)10-19/h4-5,9,12H,1-3,6-8,10H2. The number of piperazine rings is 1. The van der Waals surface area contributed by atoms with E-state index in [2.05, 4.69) is 27.5 Å². The minimum absolute atomic E-state index is 0.119. The fourth-order valence-electron chi connectivity index (χ4n) is 3.15. The van der Waals surface area contributed by atoms with E-state index < -0.39 is 0 Å². The zero-order chi connectivity index (χ0) is 14.1. The molecule has 0 radical (unpaired) electrons. The molecule has 20 heavy (non-hydrogen) atoms. The molecule has 2 fully saturated rings. The van der Waals surface area contributed by atoms with Crippen LogP contribution in [0.1, 0.15) is 29.6 Å². The summed E-state index contributed by atoms with van der Waals surface area (Å²) in [6.45, 7) is 3.90. The van der Waals surface area contributed by atoms with Crippen LogP contribution in [0, 0.1) is 3.57 Å². The topological polar surface area (TPSA) is 23.6 Å². The van der Waals surface area contributed by atoms with E-state index >= 15 is 0 Å². The molecule has 0 N–H and O–H groups in total. The van der Waals surface area contributed by atoms with Gasteiger partial charge in [0.05, 0.1) is 5.02 Å². The van der Waals surface area contributed by atoms with Gasteiger partial charge in [0.2, 0.25) is 0 Å². The summed E-state index contributed by atoms with van der Waals surface area (Å²) in [7, 11) is 0. The van der Waals surface area contributed by atoms with Crippen LogP contribution < -0.4 is 0 Å². The van der Waals surface area contributed by atoms with Crippen molar-refractivity contribution in [1.82, 2.24) is 9.80 Å². The Morgan fingerprint density at radius 3 is 2.90 bits per heavy atom. The van der Waals surface area contributed by atoms with Crippen molar-refractivity contribution >= 4 is 40.1 Å². The number of piperidine rings is 1. The fourth-order valence-corrected chi connectivity index (χ4v) is 3.67. The van der Waals surface area contributed by atoms with Crippen molar-refractivity contribution in [3.63, 3.8) is 0 Å². The Kier molecular flexibility index (Phi) is 4.52. The van der Waals surface area contributed by atoms with Gasteiger partial charge in [0.15, 0.2) is 0 Å². The van der Waals surface area contributed by atoms with Crippen molar-refractivity contribution in [2.24, 2.45) is 0 Å². The monoisotopic (exact) mass is 404 g/mol. The molecular formula is C15H18ClIN2O. The summed E-state index contributed by atoms with van der Waals surface area (Å²) in [5.74, 6) is 0.119. The lowest BCUT2D eigenvalue weighted by Crippen LogP contribution is -2.56. The molecule has 2 aliphatic rings. The molecule has 3 nitrogen and oxygen atoms in total. The molecule has 5 heteroatoms. The lowest BCUT2D eigenvalue weighted by atomic mass is 9.99. The number of amides is 1. The molecule has 1 aromatic rings. The van der Waals surface area contributed by atoms with Gasteiger partial charge in [0.1, 0.15) is 0 Å². The Morgan fingerprint density at radius 1 is 1.25 bits per heavy atom. The van der Waals surface area contributed by atoms with Crippen LogP contribution in [-0.2, 0) is 0 Å². The van der Waals surface area contributed by atoms with Crippen LogP contribution in [0.2, 0.25) is 5.02 Å². The molecule has 108 valence electrons. The normalized spacial score (nSPS) is 23.5. The van der Waals surface area contributed by atoms with Crippen molar-refractivity contribution in [2.75, 3.05) is 26.2 Å². The third-order valence-electron chi connectivity index (χ3n) is 4.29. The van der Waals surface area contributed by atoms with Crippen LogP contribution in [0.4, 0.5) is 0 Å². The second-order valence-corrected chi connectivity index (χ2v) is 7.14. The van der Waals surface area contributed by atoms with E-state index in [1.54, 1.807) is 6.07 Å². The fraction of sp³-hybridized carbons (Fsp3) is 0.533. The first-order valence-electron chi connectivity index (χ1n) is 7.13. The second kappa shape index (κ2) is 6.20. The highest BCUT2D eigenvalue weighted by molar-refractivity contribution is 14.1. The Morgan fingerprint density at radius 2 is 2.10 bits per heavy atom. The number of benzene rings is 1. The minimum Gasteiger partial charge on any atom is -0.336 e. The highest BCUT2D eigenvalue weighted by Crippen LogP contribution is 2.24. The van der Waals surface area contributed by atoms with Crippen LogP contribution in [0.25, 0.3) is 0 Å². The number of rotatable bonds is 1. The third kappa shape index (κ3) is 2.97.